The first kappa shape index (κ1) is 34.9. The van der Waals surface area contributed by atoms with E-state index in [2.05, 4.69) is 20.4 Å². The Kier molecular flexibility index (Phi) is 10.4. The molecule has 12 nitrogen and oxygen atoms in total. The minimum Gasteiger partial charge on any atom is -0.497 e. The van der Waals surface area contributed by atoms with Crippen molar-refractivity contribution in [2.75, 3.05) is 50.2 Å². The van der Waals surface area contributed by atoms with E-state index in [4.69, 9.17) is 9.47 Å². The van der Waals surface area contributed by atoms with Crippen LogP contribution >= 0.6 is 0 Å². The van der Waals surface area contributed by atoms with Crippen LogP contribution in [0, 0.1) is 0 Å². The van der Waals surface area contributed by atoms with Gasteiger partial charge in [0.15, 0.2) is 0 Å². The van der Waals surface area contributed by atoms with E-state index in [9.17, 15) is 41.0 Å². The highest BCUT2D eigenvalue weighted by atomic mass is 19.4. The Morgan fingerprint density at radius 3 is 2.21 bits per heavy atom. The normalized spacial score (nSPS) is 18.3. The number of methoxy groups -OCH3 is 1. The molecule has 48 heavy (non-hydrogen) atoms. The largest absolute Gasteiger partial charge is 0.497 e. The van der Waals surface area contributed by atoms with Gasteiger partial charge in [0.2, 0.25) is 5.95 Å². The van der Waals surface area contributed by atoms with Gasteiger partial charge in [0.1, 0.15) is 17.4 Å². The molecule has 0 aliphatic carbocycles. The van der Waals surface area contributed by atoms with Gasteiger partial charge in [-0.15, -0.1) is 0 Å². The topological polar surface area (TPSA) is 135 Å². The molecule has 5 rings (SSSR count). The van der Waals surface area contributed by atoms with Crippen molar-refractivity contribution in [1.82, 2.24) is 24.6 Å². The smallest absolute Gasteiger partial charge is 0.423 e. The fourth-order valence-corrected chi connectivity index (χ4v) is 5.68. The number of benzene rings is 1. The lowest BCUT2D eigenvalue weighted by Gasteiger charge is -2.36. The van der Waals surface area contributed by atoms with E-state index < -0.39 is 53.5 Å². The van der Waals surface area contributed by atoms with Crippen molar-refractivity contribution in [3.8, 4) is 5.75 Å². The lowest BCUT2D eigenvalue weighted by atomic mass is 10.0. The molecule has 3 aromatic rings. The van der Waals surface area contributed by atoms with Crippen molar-refractivity contribution in [3.05, 3.63) is 69.9 Å². The molecule has 2 aromatic heterocycles. The zero-order valence-electron chi connectivity index (χ0n) is 25.7. The van der Waals surface area contributed by atoms with Crippen molar-refractivity contribution >= 4 is 17.5 Å². The average molecular weight is 686 g/mol. The number of ether oxygens (including phenoxy) is 2. The number of halogens is 6. The number of carbonyl (C=O) groups excluding carboxylic acids is 1. The molecule has 2 saturated heterocycles. The Balaban J connectivity index is 1.17. The number of rotatable bonds is 11. The number of amides is 1. The average Bonchev–Trinajstić information content (AvgIpc) is 3.43. The van der Waals surface area contributed by atoms with Crippen LogP contribution in [0.2, 0.25) is 0 Å². The standard InChI is InChI=1S/C30H33F6N7O5/c1-47-22-4-2-18(3-5-22)15-43-27(46)25(30(34,35)36)23(14-39-43)40-20(16-44)17-48-24-8-11-42(26(24)45)21-6-9-41(10-7-21)28-37-12-19(13-38-28)29(31,32)33/h2-5,12-14,20-21,24,40,44H,6-11,15-17H2,1H3. The monoisotopic (exact) mass is 685 g/mol. The van der Waals surface area contributed by atoms with Gasteiger partial charge in [-0.3, -0.25) is 9.59 Å². The van der Waals surface area contributed by atoms with Gasteiger partial charge in [0, 0.05) is 44.5 Å². The number of piperidine rings is 1. The number of anilines is 2. The first-order valence-corrected chi connectivity index (χ1v) is 15.0. The number of carbonyl (C=O) groups is 1. The molecule has 0 radical (unpaired) electrons. The quantitative estimate of drug-likeness (QED) is 0.290. The van der Waals surface area contributed by atoms with Crippen LogP contribution in [0.4, 0.5) is 38.0 Å². The zero-order chi connectivity index (χ0) is 34.6. The van der Waals surface area contributed by atoms with Crippen LogP contribution in [0.25, 0.3) is 0 Å². The summed E-state index contributed by atoms with van der Waals surface area (Å²) in [7, 11) is 1.47. The van der Waals surface area contributed by atoms with Gasteiger partial charge in [-0.2, -0.15) is 31.4 Å². The molecule has 1 aromatic carbocycles. The van der Waals surface area contributed by atoms with Crippen molar-refractivity contribution < 1.29 is 45.7 Å². The third-order valence-corrected chi connectivity index (χ3v) is 8.24. The van der Waals surface area contributed by atoms with E-state index in [0.29, 0.717) is 54.9 Å². The summed E-state index contributed by atoms with van der Waals surface area (Å²) >= 11 is 0. The van der Waals surface area contributed by atoms with Crippen LogP contribution in [0.3, 0.4) is 0 Å². The first-order chi connectivity index (χ1) is 22.8. The summed E-state index contributed by atoms with van der Waals surface area (Å²) in [6, 6.07) is 5.14. The van der Waals surface area contributed by atoms with E-state index >= 15 is 0 Å². The van der Waals surface area contributed by atoms with Gasteiger partial charge in [0.25, 0.3) is 11.5 Å². The number of nitrogens with one attached hydrogen (secondary N) is 1. The van der Waals surface area contributed by atoms with Crippen LogP contribution in [-0.4, -0.2) is 93.8 Å². The van der Waals surface area contributed by atoms with E-state index in [1.807, 2.05) is 0 Å². The molecule has 2 aliphatic heterocycles. The predicted molar refractivity (Wildman–Crippen MR) is 158 cm³/mol. The Hall–Kier alpha value is -4.45. The summed E-state index contributed by atoms with van der Waals surface area (Å²) < 4.78 is 92.2. The minimum atomic E-state index is -5.04. The maximum Gasteiger partial charge on any atom is 0.423 e. The highest BCUT2D eigenvalue weighted by molar-refractivity contribution is 5.83. The molecule has 2 atom stereocenters. The number of alkyl halides is 6. The Morgan fingerprint density at radius 2 is 1.62 bits per heavy atom. The molecular weight excluding hydrogens is 652 g/mol. The molecule has 2 N–H and O–H groups in total. The van der Waals surface area contributed by atoms with Crippen LogP contribution in [-0.2, 0) is 28.4 Å². The van der Waals surface area contributed by atoms with Crippen LogP contribution in [0.1, 0.15) is 36.0 Å². The number of aromatic nitrogens is 4. The summed E-state index contributed by atoms with van der Waals surface area (Å²) in [4.78, 5) is 37.1. The molecule has 260 valence electrons. The van der Waals surface area contributed by atoms with Crippen molar-refractivity contribution in [1.29, 1.82) is 0 Å². The fraction of sp³-hybridized carbons (Fsp3) is 0.500. The van der Waals surface area contributed by atoms with Crippen molar-refractivity contribution in [2.45, 2.75) is 56.3 Å². The summed E-state index contributed by atoms with van der Waals surface area (Å²) in [6.07, 6.45) is -6.81. The first-order valence-electron chi connectivity index (χ1n) is 15.0. The fourth-order valence-electron chi connectivity index (χ4n) is 5.68. The van der Waals surface area contributed by atoms with Crippen LogP contribution in [0.5, 0.6) is 5.75 Å². The molecule has 2 unspecified atom stereocenters. The molecular formula is C30H33F6N7O5. The van der Waals surface area contributed by atoms with Crippen LogP contribution < -0.4 is 20.5 Å². The minimum absolute atomic E-state index is 0.159. The molecule has 0 spiro atoms. The second-order valence-corrected chi connectivity index (χ2v) is 11.4. The van der Waals surface area contributed by atoms with Gasteiger partial charge in [-0.25, -0.2) is 14.6 Å². The second-order valence-electron chi connectivity index (χ2n) is 11.4. The molecule has 2 aliphatic rings. The van der Waals surface area contributed by atoms with Gasteiger partial charge < -0.3 is 29.7 Å². The highest BCUT2D eigenvalue weighted by Gasteiger charge is 2.40. The third kappa shape index (κ3) is 7.98. The molecule has 4 heterocycles. The van der Waals surface area contributed by atoms with Gasteiger partial charge >= 0.3 is 12.4 Å². The number of aliphatic hydroxyl groups is 1. The van der Waals surface area contributed by atoms with Crippen LogP contribution in [0.15, 0.2) is 47.7 Å². The summed E-state index contributed by atoms with van der Waals surface area (Å²) in [5.41, 5.74) is -3.92. The molecule has 1 amide bonds. The Morgan fingerprint density at radius 1 is 0.958 bits per heavy atom. The number of nitrogens with zero attached hydrogens (tertiary/aromatic N) is 6. The van der Waals surface area contributed by atoms with Gasteiger partial charge in [-0.1, -0.05) is 12.1 Å². The summed E-state index contributed by atoms with van der Waals surface area (Å²) in [5, 5.41) is 16.3. The van der Waals surface area contributed by atoms with Crippen molar-refractivity contribution in [2.24, 2.45) is 0 Å². The lowest BCUT2D eigenvalue weighted by molar-refractivity contribution is -0.140. The van der Waals surface area contributed by atoms with E-state index in [-0.39, 0.29) is 31.0 Å². The SMILES string of the molecule is COc1ccc(Cn2ncc(NC(CO)COC3CCN(C4CCN(c5ncc(C(F)(F)F)cn5)CC4)C3=O)c(C(F)(F)F)c2=O)cc1. The molecule has 2 fully saturated rings. The Labute approximate surface area is 270 Å². The summed E-state index contributed by atoms with van der Waals surface area (Å²) in [5.74, 6) is 0.389. The highest BCUT2D eigenvalue weighted by Crippen LogP contribution is 2.33. The van der Waals surface area contributed by atoms with Gasteiger partial charge in [0.05, 0.1) is 50.4 Å². The predicted octanol–water partition coefficient (Wildman–Crippen LogP) is 3.19. The van der Waals surface area contributed by atoms with E-state index in [1.165, 1.54) is 7.11 Å². The molecule has 0 bridgehead atoms. The van der Waals surface area contributed by atoms with Crippen molar-refractivity contribution in [3.63, 3.8) is 0 Å². The number of likely N-dealkylation sites (tertiary alicyclic amines) is 1. The van der Waals surface area contributed by atoms with Gasteiger partial charge in [-0.05, 0) is 30.5 Å². The van der Waals surface area contributed by atoms with E-state index in [1.54, 1.807) is 34.1 Å². The maximum atomic E-state index is 14.1. The third-order valence-electron chi connectivity index (χ3n) is 8.24. The van der Waals surface area contributed by atoms with E-state index in [0.717, 1.165) is 18.6 Å². The molecule has 18 heteroatoms. The molecule has 0 saturated carbocycles. The maximum absolute atomic E-state index is 14.1. The zero-order valence-corrected chi connectivity index (χ0v) is 25.7. The Bertz CT molecular complexity index is 1610. The lowest BCUT2D eigenvalue weighted by Crippen LogP contribution is -2.47. The summed E-state index contributed by atoms with van der Waals surface area (Å²) in [6.45, 7) is -0.0256. The number of hydrogen-bond acceptors (Lipinski definition) is 10. The number of aliphatic hydroxyl groups excluding tert-OH is 1. The second kappa shape index (κ2) is 14.3. The number of hydrogen-bond donors (Lipinski definition) is 2.